The van der Waals surface area contributed by atoms with E-state index in [9.17, 15) is 9.59 Å². The van der Waals surface area contributed by atoms with Crippen molar-refractivity contribution < 1.29 is 19.1 Å². The smallest absolute Gasteiger partial charge is 0.330 e. The predicted octanol–water partition coefficient (Wildman–Crippen LogP) is 2.78. The number of rotatable bonds is 0. The first-order valence-electron chi connectivity index (χ1n) is 6.59. The highest BCUT2D eigenvalue weighted by Gasteiger charge is 2.15. The van der Waals surface area contributed by atoms with Crippen molar-refractivity contribution >= 4 is 11.9 Å². The maximum atomic E-state index is 11.5. The van der Waals surface area contributed by atoms with Crippen molar-refractivity contribution in [1.29, 1.82) is 0 Å². The second-order valence-electron chi connectivity index (χ2n) is 5.58. The molecular formula is C15H22O4. The van der Waals surface area contributed by atoms with E-state index in [0.29, 0.717) is 6.42 Å². The van der Waals surface area contributed by atoms with E-state index < -0.39 is 0 Å². The molecule has 1 aliphatic rings. The fourth-order valence-corrected chi connectivity index (χ4v) is 1.70. The van der Waals surface area contributed by atoms with Crippen LogP contribution < -0.4 is 0 Å². The van der Waals surface area contributed by atoms with Crippen LogP contribution in [0.15, 0.2) is 24.3 Å². The monoisotopic (exact) mass is 266 g/mol. The van der Waals surface area contributed by atoms with E-state index in [-0.39, 0.29) is 30.1 Å². The molecule has 0 saturated heterocycles. The SMILES string of the molecule is CC1CCOC(=O)C=CCC(C)(C)CC=CC(=O)O1. The molecule has 0 N–H and O–H groups in total. The molecule has 0 aromatic carbocycles. The molecule has 0 saturated carbocycles. The Labute approximate surface area is 114 Å². The number of carbonyl (C=O) groups excluding carboxylic acids is 2. The molecule has 1 heterocycles. The van der Waals surface area contributed by atoms with Gasteiger partial charge in [0, 0.05) is 18.6 Å². The fourth-order valence-electron chi connectivity index (χ4n) is 1.70. The molecule has 0 aliphatic carbocycles. The number of carbonyl (C=O) groups is 2. The Hall–Kier alpha value is -1.58. The molecule has 0 bridgehead atoms. The van der Waals surface area contributed by atoms with Crippen molar-refractivity contribution in [2.24, 2.45) is 5.41 Å². The second-order valence-corrected chi connectivity index (χ2v) is 5.58. The first-order valence-corrected chi connectivity index (χ1v) is 6.59. The lowest BCUT2D eigenvalue weighted by Gasteiger charge is -2.20. The topological polar surface area (TPSA) is 52.6 Å². The van der Waals surface area contributed by atoms with E-state index >= 15 is 0 Å². The average molecular weight is 266 g/mol. The number of ether oxygens (including phenoxy) is 2. The Bertz CT molecular complexity index is 380. The van der Waals surface area contributed by atoms with Gasteiger partial charge in [0.2, 0.25) is 0 Å². The zero-order valence-electron chi connectivity index (χ0n) is 11.8. The third-order valence-electron chi connectivity index (χ3n) is 2.93. The van der Waals surface area contributed by atoms with E-state index in [0.717, 1.165) is 12.8 Å². The summed E-state index contributed by atoms with van der Waals surface area (Å²) < 4.78 is 10.2. The van der Waals surface area contributed by atoms with E-state index in [4.69, 9.17) is 9.47 Å². The summed E-state index contributed by atoms with van der Waals surface area (Å²) in [7, 11) is 0. The van der Waals surface area contributed by atoms with Crippen LogP contribution in [0.5, 0.6) is 0 Å². The molecular weight excluding hydrogens is 244 g/mol. The van der Waals surface area contributed by atoms with Crippen molar-refractivity contribution in [3.05, 3.63) is 24.3 Å². The van der Waals surface area contributed by atoms with Crippen molar-refractivity contribution in [3.63, 3.8) is 0 Å². The highest BCUT2D eigenvalue weighted by atomic mass is 16.6. The Morgan fingerprint density at radius 2 is 1.68 bits per heavy atom. The molecule has 0 aromatic rings. The van der Waals surface area contributed by atoms with E-state index in [1.54, 1.807) is 6.92 Å². The highest BCUT2D eigenvalue weighted by Crippen LogP contribution is 2.26. The van der Waals surface area contributed by atoms with Crippen LogP contribution in [0.1, 0.15) is 40.0 Å². The summed E-state index contributed by atoms with van der Waals surface area (Å²) in [5.41, 5.74) is -0.0106. The second kappa shape index (κ2) is 7.12. The predicted molar refractivity (Wildman–Crippen MR) is 72.4 cm³/mol. The van der Waals surface area contributed by atoms with Crippen LogP contribution >= 0.6 is 0 Å². The minimum atomic E-state index is -0.345. The molecule has 1 atom stereocenters. The third-order valence-corrected chi connectivity index (χ3v) is 2.93. The Kier molecular flexibility index (Phi) is 5.80. The Balaban J connectivity index is 2.71. The zero-order valence-corrected chi connectivity index (χ0v) is 11.8. The minimum absolute atomic E-state index is 0.0106. The standard InChI is InChI=1S/C15H22O4/c1-12-8-11-18-13(16)6-4-9-15(2,3)10-5-7-14(17)19-12/h4-7,12H,8-11H2,1-3H3. The molecule has 19 heavy (non-hydrogen) atoms. The van der Waals surface area contributed by atoms with E-state index in [1.807, 2.05) is 12.2 Å². The first kappa shape index (κ1) is 15.5. The molecule has 0 fully saturated rings. The summed E-state index contributed by atoms with van der Waals surface area (Å²) in [5.74, 6) is -0.691. The summed E-state index contributed by atoms with van der Waals surface area (Å²) >= 11 is 0. The van der Waals surface area contributed by atoms with Crippen molar-refractivity contribution in [2.45, 2.75) is 46.1 Å². The molecule has 1 rings (SSSR count). The summed E-state index contributed by atoms with van der Waals surface area (Å²) in [6.45, 7) is 6.19. The van der Waals surface area contributed by atoms with E-state index in [1.165, 1.54) is 12.2 Å². The van der Waals surface area contributed by atoms with Gasteiger partial charge >= 0.3 is 11.9 Å². The van der Waals surface area contributed by atoms with Crippen LogP contribution in [-0.4, -0.2) is 24.6 Å². The highest BCUT2D eigenvalue weighted by molar-refractivity contribution is 5.82. The summed E-state index contributed by atoms with van der Waals surface area (Å²) in [6.07, 6.45) is 8.33. The van der Waals surface area contributed by atoms with Crippen LogP contribution in [0, 0.1) is 5.41 Å². The quantitative estimate of drug-likeness (QED) is 0.633. The van der Waals surface area contributed by atoms with Gasteiger partial charge in [0.25, 0.3) is 0 Å². The average Bonchev–Trinajstić information content (AvgIpc) is 2.27. The largest absolute Gasteiger partial charge is 0.462 e. The molecule has 4 heteroatoms. The normalized spacial score (nSPS) is 25.3. The van der Waals surface area contributed by atoms with Crippen LogP contribution in [0.25, 0.3) is 0 Å². The van der Waals surface area contributed by atoms with Gasteiger partial charge < -0.3 is 9.47 Å². The first-order chi connectivity index (χ1) is 8.89. The van der Waals surface area contributed by atoms with Crippen molar-refractivity contribution in [3.8, 4) is 0 Å². The van der Waals surface area contributed by atoms with Gasteiger partial charge in [-0.3, -0.25) is 0 Å². The summed E-state index contributed by atoms with van der Waals surface area (Å²) in [6, 6.07) is 0. The number of hydrogen-bond acceptors (Lipinski definition) is 4. The third kappa shape index (κ3) is 6.79. The Morgan fingerprint density at radius 1 is 1.11 bits per heavy atom. The molecule has 4 nitrogen and oxygen atoms in total. The number of allylic oxidation sites excluding steroid dienone is 2. The summed E-state index contributed by atoms with van der Waals surface area (Å²) in [4.78, 5) is 22.9. The molecule has 1 unspecified atom stereocenters. The van der Waals surface area contributed by atoms with Crippen molar-refractivity contribution in [1.82, 2.24) is 0 Å². The lowest BCUT2D eigenvalue weighted by molar-refractivity contribution is -0.144. The summed E-state index contributed by atoms with van der Waals surface area (Å²) in [5, 5.41) is 0. The lowest BCUT2D eigenvalue weighted by atomic mass is 9.85. The molecule has 0 spiro atoms. The maximum absolute atomic E-state index is 11.5. The molecule has 0 amide bonds. The van der Waals surface area contributed by atoms with Gasteiger partial charge in [0.05, 0.1) is 6.61 Å². The Morgan fingerprint density at radius 3 is 2.32 bits per heavy atom. The molecule has 0 aromatic heterocycles. The maximum Gasteiger partial charge on any atom is 0.330 e. The van der Waals surface area contributed by atoms with E-state index in [2.05, 4.69) is 13.8 Å². The van der Waals surface area contributed by atoms with Crippen molar-refractivity contribution in [2.75, 3.05) is 6.61 Å². The van der Waals surface area contributed by atoms with Gasteiger partial charge in [-0.1, -0.05) is 26.0 Å². The number of hydrogen-bond donors (Lipinski definition) is 0. The van der Waals surface area contributed by atoms with Gasteiger partial charge in [-0.05, 0) is 25.2 Å². The van der Waals surface area contributed by atoms with Crippen LogP contribution in [0.2, 0.25) is 0 Å². The molecule has 1 aliphatic heterocycles. The lowest BCUT2D eigenvalue weighted by Crippen LogP contribution is -2.17. The van der Waals surface area contributed by atoms with Crippen LogP contribution in [0.4, 0.5) is 0 Å². The molecule has 0 radical (unpaired) electrons. The van der Waals surface area contributed by atoms with Gasteiger partial charge in [0.15, 0.2) is 0 Å². The fraction of sp³-hybridized carbons (Fsp3) is 0.600. The zero-order chi connectivity index (χ0) is 14.3. The number of esters is 2. The van der Waals surface area contributed by atoms with Crippen LogP contribution in [0.3, 0.4) is 0 Å². The van der Waals surface area contributed by atoms with Crippen LogP contribution in [-0.2, 0) is 19.1 Å². The number of cyclic esters (lactones) is 2. The van der Waals surface area contributed by atoms with Gasteiger partial charge in [-0.25, -0.2) is 9.59 Å². The molecule has 106 valence electrons. The minimum Gasteiger partial charge on any atom is -0.462 e. The van der Waals surface area contributed by atoms with Gasteiger partial charge in [-0.2, -0.15) is 0 Å². The van der Waals surface area contributed by atoms with Gasteiger partial charge in [-0.15, -0.1) is 0 Å². The van der Waals surface area contributed by atoms with Gasteiger partial charge in [0.1, 0.15) is 6.10 Å².